The summed E-state index contributed by atoms with van der Waals surface area (Å²) in [6.45, 7) is 0. The second-order valence-electron chi connectivity index (χ2n) is 3.61. The molecule has 2 aromatic rings. The molecular weight excluding hydrogens is 259 g/mol. The molecule has 0 aliphatic heterocycles. The first-order chi connectivity index (χ1) is 8.03. The molecule has 17 heavy (non-hydrogen) atoms. The number of phenols is 2. The topological polar surface area (TPSA) is 40.5 Å². The summed E-state index contributed by atoms with van der Waals surface area (Å²) in [5.74, 6) is -0.0264. The summed E-state index contributed by atoms with van der Waals surface area (Å²) in [4.78, 5) is 0. The van der Waals surface area contributed by atoms with E-state index in [-0.39, 0.29) is 11.5 Å². The maximum absolute atomic E-state index is 9.75. The number of rotatable bonds is 2. The van der Waals surface area contributed by atoms with Crippen LogP contribution in [0.1, 0.15) is 11.1 Å². The predicted octanol–water partition coefficient (Wildman–Crippen LogP) is 3.78. The molecule has 0 aromatic heterocycles. The number of alkyl halides is 2. The van der Waals surface area contributed by atoms with Crippen LogP contribution >= 0.6 is 23.2 Å². The Hall–Kier alpha value is -1.38. The van der Waals surface area contributed by atoms with E-state index in [0.29, 0.717) is 11.1 Å². The number of para-hydroxylation sites is 2. The molecule has 0 aliphatic carbocycles. The van der Waals surface area contributed by atoms with Gasteiger partial charge in [0.25, 0.3) is 0 Å². The van der Waals surface area contributed by atoms with Crippen molar-refractivity contribution in [3.8, 4) is 11.5 Å². The summed E-state index contributed by atoms with van der Waals surface area (Å²) in [6.07, 6.45) is 0. The Kier molecular flexibility index (Phi) is 3.18. The van der Waals surface area contributed by atoms with E-state index >= 15 is 0 Å². The van der Waals surface area contributed by atoms with E-state index in [1.807, 2.05) is 0 Å². The van der Waals surface area contributed by atoms with E-state index in [1.54, 1.807) is 36.4 Å². The van der Waals surface area contributed by atoms with Gasteiger partial charge in [-0.05, 0) is 12.1 Å². The molecule has 2 nitrogen and oxygen atoms in total. The first-order valence-corrected chi connectivity index (χ1v) is 5.74. The second kappa shape index (κ2) is 4.47. The highest BCUT2D eigenvalue weighted by Gasteiger charge is 2.33. The summed E-state index contributed by atoms with van der Waals surface area (Å²) in [6, 6.07) is 13.0. The van der Waals surface area contributed by atoms with Crippen LogP contribution in [0, 0.1) is 0 Å². The average molecular weight is 269 g/mol. The molecule has 2 N–H and O–H groups in total. The molecule has 0 unspecified atom stereocenters. The molecule has 4 heteroatoms. The first-order valence-electron chi connectivity index (χ1n) is 4.98. The third kappa shape index (κ3) is 2.19. The van der Waals surface area contributed by atoms with Gasteiger partial charge in [-0.25, -0.2) is 0 Å². The largest absolute Gasteiger partial charge is 0.508 e. The minimum atomic E-state index is -1.49. The number of halogens is 2. The van der Waals surface area contributed by atoms with Gasteiger partial charge in [-0.1, -0.05) is 59.6 Å². The number of benzene rings is 2. The van der Waals surface area contributed by atoms with Crippen molar-refractivity contribution in [2.45, 2.75) is 4.33 Å². The van der Waals surface area contributed by atoms with Crippen LogP contribution in [0.4, 0.5) is 0 Å². The lowest BCUT2D eigenvalue weighted by Gasteiger charge is -2.22. The van der Waals surface area contributed by atoms with Gasteiger partial charge in [0.15, 0.2) is 4.33 Å². The Balaban J connectivity index is 2.58. The van der Waals surface area contributed by atoms with Crippen LogP contribution in [-0.2, 0) is 4.33 Å². The van der Waals surface area contributed by atoms with Crippen LogP contribution in [0.25, 0.3) is 0 Å². The minimum absolute atomic E-state index is 0.0132. The summed E-state index contributed by atoms with van der Waals surface area (Å²) < 4.78 is -1.49. The van der Waals surface area contributed by atoms with Gasteiger partial charge in [0.05, 0.1) is 0 Å². The molecule has 2 rings (SSSR count). The van der Waals surface area contributed by atoms with Crippen LogP contribution in [0.5, 0.6) is 11.5 Å². The smallest absolute Gasteiger partial charge is 0.175 e. The van der Waals surface area contributed by atoms with Crippen LogP contribution in [0.15, 0.2) is 48.5 Å². The van der Waals surface area contributed by atoms with Gasteiger partial charge < -0.3 is 10.2 Å². The zero-order chi connectivity index (χ0) is 12.5. The Bertz CT molecular complexity index is 491. The molecule has 0 fully saturated rings. The highest BCUT2D eigenvalue weighted by Crippen LogP contribution is 2.47. The lowest BCUT2D eigenvalue weighted by atomic mass is 10.0. The monoisotopic (exact) mass is 268 g/mol. The van der Waals surface area contributed by atoms with Crippen molar-refractivity contribution >= 4 is 23.2 Å². The molecule has 0 saturated heterocycles. The fourth-order valence-corrected chi connectivity index (χ4v) is 2.26. The molecule has 0 atom stereocenters. The highest BCUT2D eigenvalue weighted by molar-refractivity contribution is 6.50. The van der Waals surface area contributed by atoms with Crippen LogP contribution in [-0.4, -0.2) is 10.2 Å². The molecule has 88 valence electrons. The van der Waals surface area contributed by atoms with Crippen molar-refractivity contribution in [3.05, 3.63) is 59.7 Å². The molecule has 0 heterocycles. The van der Waals surface area contributed by atoms with E-state index in [1.165, 1.54) is 12.1 Å². The maximum Gasteiger partial charge on any atom is 0.175 e. The van der Waals surface area contributed by atoms with Crippen molar-refractivity contribution in [1.29, 1.82) is 0 Å². The van der Waals surface area contributed by atoms with Crippen LogP contribution in [0.2, 0.25) is 0 Å². The van der Waals surface area contributed by atoms with Gasteiger partial charge in [-0.2, -0.15) is 0 Å². The Morgan fingerprint density at radius 1 is 0.706 bits per heavy atom. The maximum atomic E-state index is 9.75. The van der Waals surface area contributed by atoms with Gasteiger partial charge in [0.1, 0.15) is 11.5 Å². The number of hydrogen-bond donors (Lipinski definition) is 2. The Labute approximate surface area is 109 Å². The van der Waals surface area contributed by atoms with E-state index in [0.717, 1.165) is 0 Å². The zero-order valence-corrected chi connectivity index (χ0v) is 10.3. The first kappa shape index (κ1) is 12.1. The zero-order valence-electron chi connectivity index (χ0n) is 8.77. The van der Waals surface area contributed by atoms with Crippen molar-refractivity contribution < 1.29 is 10.2 Å². The molecule has 0 spiro atoms. The Morgan fingerprint density at radius 3 is 1.41 bits per heavy atom. The van der Waals surface area contributed by atoms with Crippen molar-refractivity contribution in [2.75, 3.05) is 0 Å². The van der Waals surface area contributed by atoms with Crippen molar-refractivity contribution in [3.63, 3.8) is 0 Å². The molecule has 0 amide bonds. The predicted molar refractivity (Wildman–Crippen MR) is 68.7 cm³/mol. The summed E-state index contributed by atoms with van der Waals surface area (Å²) in [5, 5.41) is 19.5. The fraction of sp³-hybridized carbons (Fsp3) is 0.0769. The van der Waals surface area contributed by atoms with Crippen molar-refractivity contribution in [2.24, 2.45) is 0 Å². The quantitative estimate of drug-likeness (QED) is 0.814. The van der Waals surface area contributed by atoms with Gasteiger partial charge in [-0.3, -0.25) is 0 Å². The van der Waals surface area contributed by atoms with Gasteiger partial charge in [-0.15, -0.1) is 0 Å². The average Bonchev–Trinajstić information content (AvgIpc) is 2.29. The van der Waals surface area contributed by atoms with E-state index in [4.69, 9.17) is 23.2 Å². The summed E-state index contributed by atoms with van der Waals surface area (Å²) >= 11 is 12.5. The molecule has 2 aromatic carbocycles. The molecule has 0 saturated carbocycles. The normalized spacial score (nSPS) is 11.4. The van der Waals surface area contributed by atoms with E-state index in [9.17, 15) is 10.2 Å². The third-order valence-electron chi connectivity index (χ3n) is 2.48. The van der Waals surface area contributed by atoms with Crippen LogP contribution < -0.4 is 0 Å². The molecular formula is C13H10Cl2O2. The number of aromatic hydroxyl groups is 2. The molecule has 0 aliphatic rings. The lowest BCUT2D eigenvalue weighted by Crippen LogP contribution is -2.12. The Morgan fingerprint density at radius 2 is 1.06 bits per heavy atom. The van der Waals surface area contributed by atoms with E-state index in [2.05, 4.69) is 0 Å². The van der Waals surface area contributed by atoms with Crippen LogP contribution in [0.3, 0.4) is 0 Å². The van der Waals surface area contributed by atoms with Gasteiger partial charge in [0, 0.05) is 11.1 Å². The van der Waals surface area contributed by atoms with Crippen molar-refractivity contribution in [1.82, 2.24) is 0 Å². The standard InChI is InChI=1S/C13H10Cl2O2/c14-13(15,9-5-1-3-7-11(9)16)10-6-2-4-8-12(10)17/h1-8,16-17H. The van der Waals surface area contributed by atoms with Gasteiger partial charge >= 0.3 is 0 Å². The SMILES string of the molecule is Oc1ccccc1C(Cl)(Cl)c1ccccc1O. The summed E-state index contributed by atoms with van der Waals surface area (Å²) in [5.41, 5.74) is 0.676. The van der Waals surface area contributed by atoms with Gasteiger partial charge in [0.2, 0.25) is 0 Å². The number of hydrogen-bond acceptors (Lipinski definition) is 2. The fourth-order valence-electron chi connectivity index (χ4n) is 1.62. The molecule has 0 bridgehead atoms. The lowest BCUT2D eigenvalue weighted by molar-refractivity contribution is 0.459. The number of phenolic OH excluding ortho intramolecular Hbond substituents is 2. The summed E-state index contributed by atoms with van der Waals surface area (Å²) in [7, 11) is 0. The minimum Gasteiger partial charge on any atom is -0.508 e. The third-order valence-corrected chi connectivity index (χ3v) is 3.30. The highest BCUT2D eigenvalue weighted by atomic mass is 35.5. The van der Waals surface area contributed by atoms with E-state index < -0.39 is 4.33 Å². The second-order valence-corrected chi connectivity index (χ2v) is 4.94. The molecule has 0 radical (unpaired) electrons.